The van der Waals surface area contributed by atoms with Crippen molar-refractivity contribution in [2.75, 3.05) is 11.9 Å². The monoisotopic (exact) mass is 268 g/mol. The smallest absolute Gasteiger partial charge is 0.186 e. The first-order valence-electron chi connectivity index (χ1n) is 6.85. The molecule has 1 aromatic heterocycles. The number of nitriles is 1. The van der Waals surface area contributed by atoms with Gasteiger partial charge in [0.25, 0.3) is 0 Å². The maximum Gasteiger partial charge on any atom is 0.186 e. The van der Waals surface area contributed by atoms with Crippen molar-refractivity contribution in [3.05, 3.63) is 30.0 Å². The second-order valence-electron chi connectivity index (χ2n) is 6.05. The Balaban J connectivity index is 2.40. The quantitative estimate of drug-likeness (QED) is 0.920. The van der Waals surface area contributed by atoms with E-state index in [1.807, 2.05) is 24.3 Å². The highest BCUT2D eigenvalue weighted by Gasteiger charge is 2.23. The first kappa shape index (κ1) is 14.3. The van der Waals surface area contributed by atoms with Crippen molar-refractivity contribution in [1.82, 2.24) is 10.2 Å². The largest absolute Gasteiger partial charge is 0.382 e. The van der Waals surface area contributed by atoms with Crippen LogP contribution in [0, 0.1) is 22.7 Å². The van der Waals surface area contributed by atoms with Crippen molar-refractivity contribution in [3.63, 3.8) is 0 Å². The van der Waals surface area contributed by atoms with Crippen LogP contribution < -0.4 is 5.32 Å². The van der Waals surface area contributed by atoms with E-state index in [9.17, 15) is 5.26 Å². The van der Waals surface area contributed by atoms with Gasteiger partial charge in [-0.15, -0.1) is 10.2 Å². The van der Waals surface area contributed by atoms with E-state index < -0.39 is 0 Å². The van der Waals surface area contributed by atoms with Gasteiger partial charge in [-0.25, -0.2) is 0 Å². The number of hydrogen-bond donors (Lipinski definition) is 1. The Labute approximate surface area is 119 Å². The summed E-state index contributed by atoms with van der Waals surface area (Å²) in [5.41, 5.74) is 2.07. The third kappa shape index (κ3) is 2.72. The molecule has 0 saturated carbocycles. The molecule has 4 heteroatoms. The zero-order valence-electron chi connectivity index (χ0n) is 12.4. The second-order valence-corrected chi connectivity index (χ2v) is 6.05. The van der Waals surface area contributed by atoms with Crippen LogP contribution in [0.4, 0.5) is 5.69 Å². The van der Waals surface area contributed by atoms with Gasteiger partial charge in [0.05, 0.1) is 11.2 Å². The van der Waals surface area contributed by atoms with Gasteiger partial charge in [-0.05, 0) is 17.4 Å². The number of rotatable bonds is 4. The van der Waals surface area contributed by atoms with E-state index in [1.54, 1.807) is 0 Å². The van der Waals surface area contributed by atoms with E-state index in [0.717, 1.165) is 23.1 Å². The molecule has 0 aliphatic rings. The topological polar surface area (TPSA) is 61.6 Å². The highest BCUT2D eigenvalue weighted by atomic mass is 15.1. The van der Waals surface area contributed by atoms with Crippen LogP contribution in [0.15, 0.2) is 24.3 Å². The third-order valence-corrected chi connectivity index (χ3v) is 4.06. The van der Waals surface area contributed by atoms with Crippen molar-refractivity contribution in [2.24, 2.45) is 11.3 Å². The Bertz CT molecular complexity index is 653. The van der Waals surface area contributed by atoms with Gasteiger partial charge in [0.15, 0.2) is 5.69 Å². The highest BCUT2D eigenvalue weighted by Crippen LogP contribution is 2.29. The molecule has 104 valence electrons. The minimum atomic E-state index is 0.136. The van der Waals surface area contributed by atoms with E-state index in [-0.39, 0.29) is 5.41 Å². The Hall–Kier alpha value is -2.15. The minimum absolute atomic E-state index is 0.136. The summed E-state index contributed by atoms with van der Waals surface area (Å²) in [7, 11) is 0. The highest BCUT2D eigenvalue weighted by molar-refractivity contribution is 5.92. The normalized spacial score (nSPS) is 11.6. The van der Waals surface area contributed by atoms with Crippen molar-refractivity contribution < 1.29 is 0 Å². The van der Waals surface area contributed by atoms with Gasteiger partial charge in [-0.1, -0.05) is 45.9 Å². The van der Waals surface area contributed by atoms with Gasteiger partial charge in [0, 0.05) is 11.9 Å². The lowest BCUT2D eigenvalue weighted by Crippen LogP contribution is -2.29. The molecule has 1 heterocycles. The van der Waals surface area contributed by atoms with Crippen molar-refractivity contribution in [2.45, 2.75) is 27.7 Å². The van der Waals surface area contributed by atoms with Crippen LogP contribution in [-0.4, -0.2) is 16.7 Å². The van der Waals surface area contributed by atoms with Gasteiger partial charge in [-0.2, -0.15) is 5.26 Å². The maximum atomic E-state index is 9.22. The van der Waals surface area contributed by atoms with E-state index in [1.165, 1.54) is 0 Å². The average Bonchev–Trinajstić information content (AvgIpc) is 2.44. The summed E-state index contributed by atoms with van der Waals surface area (Å²) >= 11 is 0. The molecule has 0 unspecified atom stereocenters. The molecule has 1 aromatic carbocycles. The molecule has 0 saturated heterocycles. The molecule has 2 rings (SSSR count). The number of nitrogens with one attached hydrogen (secondary N) is 1. The Morgan fingerprint density at radius 3 is 2.60 bits per heavy atom. The van der Waals surface area contributed by atoms with Gasteiger partial charge in [0.2, 0.25) is 0 Å². The fraction of sp³-hybridized carbons (Fsp3) is 0.438. The summed E-state index contributed by atoms with van der Waals surface area (Å²) in [4.78, 5) is 0. The molecule has 2 aromatic rings. The molecular weight excluding hydrogens is 248 g/mol. The molecule has 0 amide bonds. The van der Waals surface area contributed by atoms with Gasteiger partial charge in [0.1, 0.15) is 6.07 Å². The summed E-state index contributed by atoms with van der Waals surface area (Å²) in [6, 6.07) is 9.86. The number of hydrogen-bond acceptors (Lipinski definition) is 4. The average molecular weight is 268 g/mol. The minimum Gasteiger partial charge on any atom is -0.382 e. The van der Waals surface area contributed by atoms with E-state index in [2.05, 4.69) is 49.3 Å². The van der Waals surface area contributed by atoms with Crippen LogP contribution in [0.25, 0.3) is 10.9 Å². The number of benzene rings is 1. The SMILES string of the molecule is CC(C)C(C)(C)CNc1c(C#N)nnc2ccccc12. The number of nitrogens with zero attached hydrogens (tertiary/aromatic N) is 3. The summed E-state index contributed by atoms with van der Waals surface area (Å²) in [6.07, 6.45) is 0. The number of anilines is 1. The number of aromatic nitrogens is 2. The summed E-state index contributed by atoms with van der Waals surface area (Å²) in [6.45, 7) is 9.63. The van der Waals surface area contributed by atoms with Crippen LogP contribution in [0.5, 0.6) is 0 Å². The van der Waals surface area contributed by atoms with Crippen LogP contribution in [0.1, 0.15) is 33.4 Å². The molecule has 20 heavy (non-hydrogen) atoms. The maximum absolute atomic E-state index is 9.22. The van der Waals surface area contributed by atoms with Gasteiger partial charge < -0.3 is 5.32 Å². The van der Waals surface area contributed by atoms with E-state index >= 15 is 0 Å². The lowest BCUT2D eigenvalue weighted by molar-refractivity contribution is 0.270. The molecule has 0 aliphatic carbocycles. The predicted octanol–water partition coefficient (Wildman–Crippen LogP) is 3.60. The van der Waals surface area contributed by atoms with Gasteiger partial charge in [-0.3, -0.25) is 0 Å². The fourth-order valence-electron chi connectivity index (χ4n) is 1.83. The summed E-state index contributed by atoms with van der Waals surface area (Å²) in [5, 5.41) is 21.6. The molecule has 0 spiro atoms. The van der Waals surface area contributed by atoms with Gasteiger partial charge >= 0.3 is 0 Å². The third-order valence-electron chi connectivity index (χ3n) is 4.06. The molecule has 4 nitrogen and oxygen atoms in total. The molecule has 0 atom stereocenters. The number of fused-ring (bicyclic) bond motifs is 1. The zero-order valence-corrected chi connectivity index (χ0v) is 12.4. The lowest BCUT2D eigenvalue weighted by Gasteiger charge is -2.30. The molecule has 0 bridgehead atoms. The van der Waals surface area contributed by atoms with Crippen LogP contribution in [0.3, 0.4) is 0 Å². The zero-order chi connectivity index (χ0) is 14.8. The molecule has 1 N–H and O–H groups in total. The van der Waals surface area contributed by atoms with Crippen molar-refractivity contribution in [3.8, 4) is 6.07 Å². The van der Waals surface area contributed by atoms with Crippen LogP contribution in [0.2, 0.25) is 0 Å². The first-order valence-corrected chi connectivity index (χ1v) is 6.85. The lowest BCUT2D eigenvalue weighted by atomic mass is 9.81. The second kappa shape index (κ2) is 5.46. The molecular formula is C16H20N4. The molecule has 0 radical (unpaired) electrons. The Morgan fingerprint density at radius 2 is 1.95 bits per heavy atom. The van der Waals surface area contributed by atoms with Crippen LogP contribution >= 0.6 is 0 Å². The first-order chi connectivity index (χ1) is 9.45. The standard InChI is InChI=1S/C16H20N4/c1-11(2)16(3,4)10-18-15-12-7-5-6-8-13(12)19-20-14(15)9-17/h5-8,11H,10H2,1-4H3,(H,18,19). The van der Waals surface area contributed by atoms with Crippen molar-refractivity contribution >= 4 is 16.6 Å². The van der Waals surface area contributed by atoms with E-state index in [4.69, 9.17) is 0 Å². The summed E-state index contributed by atoms with van der Waals surface area (Å²) in [5.74, 6) is 0.543. The Kier molecular flexibility index (Phi) is 3.89. The molecule has 0 aliphatic heterocycles. The predicted molar refractivity (Wildman–Crippen MR) is 81.4 cm³/mol. The fourth-order valence-corrected chi connectivity index (χ4v) is 1.83. The Morgan fingerprint density at radius 1 is 1.25 bits per heavy atom. The molecule has 0 fully saturated rings. The summed E-state index contributed by atoms with van der Waals surface area (Å²) < 4.78 is 0. The van der Waals surface area contributed by atoms with E-state index in [0.29, 0.717) is 11.6 Å². The van der Waals surface area contributed by atoms with Crippen molar-refractivity contribution in [1.29, 1.82) is 5.26 Å². The van der Waals surface area contributed by atoms with Crippen LogP contribution in [-0.2, 0) is 0 Å².